The smallest absolute Gasteiger partial charge is 0.371 e. The predicted molar refractivity (Wildman–Crippen MR) is 60.7 cm³/mol. The molecule has 1 heterocycles. The van der Waals surface area contributed by atoms with E-state index >= 15 is 0 Å². The Balaban J connectivity index is 2.40. The second kappa shape index (κ2) is 4.27. The molecule has 2 rings (SSSR count). The van der Waals surface area contributed by atoms with E-state index in [0.717, 1.165) is 0 Å². The van der Waals surface area contributed by atoms with E-state index in [1.54, 1.807) is 0 Å². The van der Waals surface area contributed by atoms with Crippen LogP contribution in [-0.4, -0.2) is 16.2 Å². The Morgan fingerprint density at radius 2 is 1.83 bits per heavy atom. The van der Waals surface area contributed by atoms with E-state index in [9.17, 15) is 14.3 Å². The molecular weight excluding hydrogens is 239 g/mol. The van der Waals surface area contributed by atoms with Gasteiger partial charge in [0, 0.05) is 0 Å². The van der Waals surface area contributed by atoms with Crippen LogP contribution in [0.25, 0.3) is 0 Å². The molecule has 0 bridgehead atoms. The molecule has 0 aliphatic heterocycles. The van der Waals surface area contributed by atoms with Crippen LogP contribution >= 0.6 is 0 Å². The highest BCUT2D eigenvalue weighted by molar-refractivity contribution is 5.84. The van der Waals surface area contributed by atoms with Crippen LogP contribution in [0.2, 0.25) is 0 Å². The first-order valence-corrected chi connectivity index (χ1v) is 5.23. The monoisotopic (exact) mass is 250 g/mol. The zero-order valence-electron chi connectivity index (χ0n) is 9.55. The molecule has 18 heavy (non-hydrogen) atoms. The van der Waals surface area contributed by atoms with Gasteiger partial charge in [-0.1, -0.05) is 12.1 Å². The van der Waals surface area contributed by atoms with Crippen molar-refractivity contribution in [3.8, 4) is 0 Å². The summed E-state index contributed by atoms with van der Waals surface area (Å²) in [5.74, 6) is -1.80. The largest absolute Gasteiger partial charge is 0.475 e. The van der Waals surface area contributed by atoms with Gasteiger partial charge in [0.15, 0.2) is 0 Å². The van der Waals surface area contributed by atoms with Crippen molar-refractivity contribution < 1.29 is 23.8 Å². The van der Waals surface area contributed by atoms with Crippen molar-refractivity contribution in [2.45, 2.75) is 12.5 Å². The third-order valence-electron chi connectivity index (χ3n) is 2.70. The van der Waals surface area contributed by atoms with Gasteiger partial charge in [-0.25, -0.2) is 9.18 Å². The molecule has 0 aliphatic carbocycles. The number of hydrogen-bond donors (Lipinski definition) is 2. The fourth-order valence-electron chi connectivity index (χ4n) is 1.63. The molecule has 94 valence electrons. The molecule has 0 saturated heterocycles. The fraction of sp³-hybridized carbons (Fsp3) is 0.154. The van der Waals surface area contributed by atoms with E-state index < -0.39 is 17.4 Å². The summed E-state index contributed by atoms with van der Waals surface area (Å²) in [6.45, 7) is 1.45. The molecule has 1 aromatic heterocycles. The third kappa shape index (κ3) is 2.12. The molecule has 0 amide bonds. The Morgan fingerprint density at radius 3 is 2.33 bits per heavy atom. The SMILES string of the molecule is CC(O)(c1ccc(F)cc1)c1ccc(C(=O)O)o1. The summed E-state index contributed by atoms with van der Waals surface area (Å²) >= 11 is 0. The summed E-state index contributed by atoms with van der Waals surface area (Å²) in [7, 11) is 0. The van der Waals surface area contributed by atoms with Gasteiger partial charge in [-0.15, -0.1) is 0 Å². The topological polar surface area (TPSA) is 70.7 Å². The first-order chi connectivity index (χ1) is 8.41. The fourth-order valence-corrected chi connectivity index (χ4v) is 1.63. The summed E-state index contributed by atoms with van der Waals surface area (Å²) in [6, 6.07) is 7.90. The highest BCUT2D eigenvalue weighted by atomic mass is 19.1. The number of carbonyl (C=O) groups is 1. The van der Waals surface area contributed by atoms with Gasteiger partial charge in [-0.3, -0.25) is 0 Å². The number of rotatable bonds is 3. The zero-order valence-corrected chi connectivity index (χ0v) is 9.55. The van der Waals surface area contributed by atoms with Crippen LogP contribution in [0.4, 0.5) is 4.39 Å². The lowest BCUT2D eigenvalue weighted by atomic mass is 9.93. The lowest BCUT2D eigenvalue weighted by Crippen LogP contribution is -2.22. The Labute approximate surface area is 102 Å². The molecule has 1 aromatic carbocycles. The third-order valence-corrected chi connectivity index (χ3v) is 2.70. The standard InChI is InChI=1S/C13H11FO4/c1-13(17,8-2-4-9(14)5-3-8)11-7-6-10(18-11)12(15)16/h2-7,17H,1H3,(H,15,16). The van der Waals surface area contributed by atoms with Gasteiger partial charge in [0.05, 0.1) is 0 Å². The zero-order chi connectivity index (χ0) is 13.3. The second-order valence-electron chi connectivity index (χ2n) is 4.05. The highest BCUT2D eigenvalue weighted by Gasteiger charge is 2.30. The number of benzene rings is 1. The second-order valence-corrected chi connectivity index (χ2v) is 4.05. The summed E-state index contributed by atoms with van der Waals surface area (Å²) < 4.78 is 17.9. The van der Waals surface area contributed by atoms with E-state index in [0.29, 0.717) is 5.56 Å². The predicted octanol–water partition coefficient (Wildman–Crippen LogP) is 2.37. The van der Waals surface area contributed by atoms with Crippen molar-refractivity contribution >= 4 is 5.97 Å². The molecule has 2 aromatic rings. The van der Waals surface area contributed by atoms with Gasteiger partial charge < -0.3 is 14.6 Å². The van der Waals surface area contributed by atoms with Crippen molar-refractivity contribution in [3.63, 3.8) is 0 Å². The average molecular weight is 250 g/mol. The molecule has 0 saturated carbocycles. The first kappa shape index (κ1) is 12.3. The van der Waals surface area contributed by atoms with E-state index in [1.165, 1.54) is 43.3 Å². The number of carboxylic acid groups (broad SMARTS) is 1. The summed E-state index contributed by atoms with van der Waals surface area (Å²) in [4.78, 5) is 10.7. The molecular formula is C13H11FO4. The van der Waals surface area contributed by atoms with E-state index in [-0.39, 0.29) is 11.5 Å². The lowest BCUT2D eigenvalue weighted by molar-refractivity contribution is 0.0601. The van der Waals surface area contributed by atoms with Crippen molar-refractivity contribution in [2.75, 3.05) is 0 Å². The Hall–Kier alpha value is -2.14. The maximum absolute atomic E-state index is 12.8. The number of carboxylic acids is 1. The van der Waals surface area contributed by atoms with Gasteiger partial charge in [0.1, 0.15) is 17.2 Å². The number of halogens is 1. The normalized spacial score (nSPS) is 14.2. The van der Waals surface area contributed by atoms with Gasteiger partial charge in [0.2, 0.25) is 5.76 Å². The minimum Gasteiger partial charge on any atom is -0.475 e. The van der Waals surface area contributed by atoms with E-state index in [2.05, 4.69) is 0 Å². The minimum absolute atomic E-state index is 0.0894. The van der Waals surface area contributed by atoms with Crippen LogP contribution in [0.1, 0.15) is 28.8 Å². The molecule has 1 unspecified atom stereocenters. The summed E-state index contributed by atoms with van der Waals surface area (Å²) in [5.41, 5.74) is -1.10. The van der Waals surface area contributed by atoms with Gasteiger partial charge in [-0.05, 0) is 36.8 Å². The molecule has 1 atom stereocenters. The van der Waals surface area contributed by atoms with E-state index in [4.69, 9.17) is 9.52 Å². The average Bonchev–Trinajstić information content (AvgIpc) is 2.79. The number of furan rings is 1. The van der Waals surface area contributed by atoms with Crippen molar-refractivity contribution in [3.05, 3.63) is 59.3 Å². The highest BCUT2D eigenvalue weighted by Crippen LogP contribution is 2.30. The molecule has 2 N–H and O–H groups in total. The van der Waals surface area contributed by atoms with Gasteiger partial charge in [0.25, 0.3) is 0 Å². The number of hydrogen-bond acceptors (Lipinski definition) is 3. The molecule has 4 nitrogen and oxygen atoms in total. The van der Waals surface area contributed by atoms with Crippen LogP contribution in [0.5, 0.6) is 0 Å². The van der Waals surface area contributed by atoms with Crippen molar-refractivity contribution in [1.82, 2.24) is 0 Å². The molecule has 0 aliphatic rings. The van der Waals surface area contributed by atoms with E-state index in [1.807, 2.05) is 0 Å². The molecule has 0 radical (unpaired) electrons. The van der Waals surface area contributed by atoms with Gasteiger partial charge >= 0.3 is 5.97 Å². The van der Waals surface area contributed by atoms with Crippen molar-refractivity contribution in [2.24, 2.45) is 0 Å². The first-order valence-electron chi connectivity index (χ1n) is 5.23. The van der Waals surface area contributed by atoms with Crippen LogP contribution in [-0.2, 0) is 5.60 Å². The van der Waals surface area contributed by atoms with Crippen molar-refractivity contribution in [1.29, 1.82) is 0 Å². The quantitative estimate of drug-likeness (QED) is 0.877. The Morgan fingerprint density at radius 1 is 1.22 bits per heavy atom. The number of aliphatic hydroxyl groups is 1. The summed E-state index contributed by atoms with van der Waals surface area (Å²) in [5, 5.41) is 19.1. The Bertz CT molecular complexity index is 569. The van der Waals surface area contributed by atoms with Crippen LogP contribution in [0.15, 0.2) is 40.8 Å². The minimum atomic E-state index is -1.51. The van der Waals surface area contributed by atoms with Crippen LogP contribution in [0, 0.1) is 5.82 Å². The number of aromatic carboxylic acids is 1. The van der Waals surface area contributed by atoms with Crippen LogP contribution in [0.3, 0.4) is 0 Å². The van der Waals surface area contributed by atoms with Gasteiger partial charge in [-0.2, -0.15) is 0 Å². The molecule has 0 spiro atoms. The molecule has 0 fully saturated rings. The van der Waals surface area contributed by atoms with Crippen LogP contribution < -0.4 is 0 Å². The maximum atomic E-state index is 12.8. The lowest BCUT2D eigenvalue weighted by Gasteiger charge is -2.21. The summed E-state index contributed by atoms with van der Waals surface area (Å²) in [6.07, 6.45) is 0. The Kier molecular flexibility index (Phi) is 2.92. The molecule has 5 heteroatoms. The maximum Gasteiger partial charge on any atom is 0.371 e.